The first-order valence-corrected chi connectivity index (χ1v) is 6.21. The van der Waals surface area contributed by atoms with E-state index in [0.29, 0.717) is 17.0 Å². The number of rotatable bonds is 3. The number of aryl methyl sites for hydroxylation is 1. The first-order chi connectivity index (χ1) is 8.58. The van der Waals surface area contributed by atoms with E-state index < -0.39 is 0 Å². The van der Waals surface area contributed by atoms with Gasteiger partial charge < -0.3 is 5.73 Å². The number of nitrogens with two attached hydrogens (primary N) is 1. The maximum Gasteiger partial charge on any atom is 0.128 e. The molecule has 0 aromatic heterocycles. The lowest BCUT2D eigenvalue weighted by Gasteiger charge is -2.15. The van der Waals surface area contributed by atoms with Crippen molar-refractivity contribution in [2.75, 3.05) is 0 Å². The van der Waals surface area contributed by atoms with Crippen LogP contribution < -0.4 is 5.73 Å². The monoisotopic (exact) mass is 263 g/mol. The lowest BCUT2D eigenvalue weighted by atomic mass is 9.96. The van der Waals surface area contributed by atoms with E-state index in [-0.39, 0.29) is 11.9 Å². The molecule has 2 aromatic rings. The Morgan fingerprint density at radius 3 is 2.67 bits per heavy atom. The average Bonchev–Trinajstić information content (AvgIpc) is 2.35. The maximum absolute atomic E-state index is 13.7. The summed E-state index contributed by atoms with van der Waals surface area (Å²) >= 11 is 5.87. The highest BCUT2D eigenvalue weighted by Crippen LogP contribution is 2.23. The van der Waals surface area contributed by atoms with Gasteiger partial charge in [-0.1, -0.05) is 35.9 Å². The summed E-state index contributed by atoms with van der Waals surface area (Å²) in [7, 11) is 0. The van der Waals surface area contributed by atoms with Gasteiger partial charge in [0.2, 0.25) is 0 Å². The maximum atomic E-state index is 13.7. The molecule has 0 saturated heterocycles. The molecule has 2 N–H and O–H groups in total. The first kappa shape index (κ1) is 13.1. The van der Waals surface area contributed by atoms with Gasteiger partial charge in [0, 0.05) is 16.6 Å². The second kappa shape index (κ2) is 5.51. The number of benzene rings is 2. The molecular weight excluding hydrogens is 249 g/mol. The summed E-state index contributed by atoms with van der Waals surface area (Å²) in [6, 6.07) is 12.1. The lowest BCUT2D eigenvalue weighted by Crippen LogP contribution is -2.15. The van der Waals surface area contributed by atoms with Gasteiger partial charge in [-0.15, -0.1) is 0 Å². The van der Waals surface area contributed by atoms with E-state index in [0.717, 1.165) is 11.1 Å². The Labute approximate surface area is 111 Å². The topological polar surface area (TPSA) is 26.0 Å². The van der Waals surface area contributed by atoms with Crippen LogP contribution >= 0.6 is 11.6 Å². The Hall–Kier alpha value is -1.38. The third kappa shape index (κ3) is 2.89. The summed E-state index contributed by atoms with van der Waals surface area (Å²) in [6.45, 7) is 2.02. The normalized spacial score (nSPS) is 12.4. The predicted octanol–water partition coefficient (Wildman–Crippen LogP) is 4.03. The van der Waals surface area contributed by atoms with Gasteiger partial charge in [0.25, 0.3) is 0 Å². The third-order valence-corrected chi connectivity index (χ3v) is 3.29. The van der Waals surface area contributed by atoms with Crippen LogP contribution in [0, 0.1) is 12.7 Å². The second-order valence-corrected chi connectivity index (χ2v) is 4.84. The van der Waals surface area contributed by atoms with Crippen LogP contribution in [0.5, 0.6) is 0 Å². The minimum absolute atomic E-state index is 0.305. The van der Waals surface area contributed by atoms with E-state index in [1.54, 1.807) is 6.07 Å². The molecule has 0 bridgehead atoms. The van der Waals surface area contributed by atoms with Gasteiger partial charge in [0.1, 0.15) is 5.82 Å². The molecule has 1 nitrogen and oxygen atoms in total. The van der Waals surface area contributed by atoms with Crippen molar-refractivity contribution < 1.29 is 4.39 Å². The van der Waals surface area contributed by atoms with E-state index in [1.807, 2.05) is 31.2 Å². The molecule has 0 aliphatic carbocycles. The number of hydrogen-bond acceptors (Lipinski definition) is 1. The fourth-order valence-corrected chi connectivity index (χ4v) is 2.17. The summed E-state index contributed by atoms with van der Waals surface area (Å²) in [5.74, 6) is -0.305. The van der Waals surface area contributed by atoms with Crippen LogP contribution in [0.15, 0.2) is 42.5 Å². The predicted molar refractivity (Wildman–Crippen MR) is 73.2 cm³/mol. The summed E-state index contributed by atoms with van der Waals surface area (Å²) in [5.41, 5.74) is 8.82. The molecule has 0 heterocycles. The Morgan fingerprint density at radius 2 is 1.94 bits per heavy atom. The zero-order chi connectivity index (χ0) is 13.1. The minimum Gasteiger partial charge on any atom is -0.324 e. The van der Waals surface area contributed by atoms with E-state index in [2.05, 4.69) is 0 Å². The van der Waals surface area contributed by atoms with Crippen molar-refractivity contribution >= 4 is 11.6 Å². The molecule has 18 heavy (non-hydrogen) atoms. The smallest absolute Gasteiger partial charge is 0.128 e. The van der Waals surface area contributed by atoms with Crippen molar-refractivity contribution in [2.24, 2.45) is 5.73 Å². The lowest BCUT2D eigenvalue weighted by molar-refractivity contribution is 0.580. The van der Waals surface area contributed by atoms with Gasteiger partial charge in [-0.3, -0.25) is 0 Å². The van der Waals surface area contributed by atoms with Crippen LogP contribution in [0.2, 0.25) is 5.02 Å². The average molecular weight is 264 g/mol. The van der Waals surface area contributed by atoms with Crippen LogP contribution in [0.1, 0.15) is 22.7 Å². The summed E-state index contributed by atoms with van der Waals surface area (Å²) in [6.07, 6.45) is 0.601. The SMILES string of the molecule is Cc1ccccc1CC(N)c1cc(Cl)ccc1F. The van der Waals surface area contributed by atoms with Gasteiger partial charge in [0.15, 0.2) is 0 Å². The molecule has 94 valence electrons. The van der Waals surface area contributed by atoms with Gasteiger partial charge in [-0.2, -0.15) is 0 Å². The van der Waals surface area contributed by atoms with Gasteiger partial charge >= 0.3 is 0 Å². The zero-order valence-electron chi connectivity index (χ0n) is 10.2. The molecule has 0 aliphatic rings. The Bertz CT molecular complexity index is 554. The molecular formula is C15H15ClFN. The fraction of sp³-hybridized carbons (Fsp3) is 0.200. The molecule has 0 radical (unpaired) electrons. The highest BCUT2D eigenvalue weighted by molar-refractivity contribution is 6.30. The molecule has 2 aromatic carbocycles. The van der Waals surface area contributed by atoms with Crippen LogP contribution in [0.3, 0.4) is 0 Å². The van der Waals surface area contributed by atoms with E-state index in [9.17, 15) is 4.39 Å². The molecule has 0 fully saturated rings. The summed E-state index contributed by atoms with van der Waals surface area (Å²) in [5, 5.41) is 0.506. The molecule has 0 saturated carbocycles. The molecule has 0 amide bonds. The van der Waals surface area contributed by atoms with Crippen LogP contribution in [0.25, 0.3) is 0 Å². The van der Waals surface area contributed by atoms with Crippen LogP contribution in [-0.2, 0) is 6.42 Å². The van der Waals surface area contributed by atoms with Crippen molar-refractivity contribution in [1.82, 2.24) is 0 Å². The van der Waals surface area contributed by atoms with Crippen molar-refractivity contribution in [1.29, 1.82) is 0 Å². The molecule has 0 aliphatic heterocycles. The number of halogens is 2. The zero-order valence-corrected chi connectivity index (χ0v) is 10.9. The van der Waals surface area contributed by atoms with Gasteiger partial charge in [-0.25, -0.2) is 4.39 Å². The highest BCUT2D eigenvalue weighted by atomic mass is 35.5. The quantitative estimate of drug-likeness (QED) is 0.889. The van der Waals surface area contributed by atoms with Crippen molar-refractivity contribution in [3.63, 3.8) is 0 Å². The number of hydrogen-bond donors (Lipinski definition) is 1. The van der Waals surface area contributed by atoms with Gasteiger partial charge in [-0.05, 0) is 42.7 Å². The Morgan fingerprint density at radius 1 is 1.22 bits per heavy atom. The van der Waals surface area contributed by atoms with Crippen molar-refractivity contribution in [2.45, 2.75) is 19.4 Å². The third-order valence-electron chi connectivity index (χ3n) is 3.06. The summed E-state index contributed by atoms with van der Waals surface area (Å²) < 4.78 is 13.7. The Balaban J connectivity index is 2.25. The second-order valence-electron chi connectivity index (χ2n) is 4.40. The van der Waals surface area contributed by atoms with E-state index >= 15 is 0 Å². The summed E-state index contributed by atoms with van der Waals surface area (Å²) in [4.78, 5) is 0. The molecule has 3 heteroatoms. The molecule has 1 atom stereocenters. The minimum atomic E-state index is -0.384. The Kier molecular flexibility index (Phi) is 4.00. The largest absolute Gasteiger partial charge is 0.324 e. The van der Waals surface area contributed by atoms with Crippen molar-refractivity contribution in [3.05, 3.63) is 70.0 Å². The molecule has 1 unspecified atom stereocenters. The standard InChI is InChI=1S/C15H15ClFN/c1-10-4-2-3-5-11(10)8-15(18)13-9-12(16)6-7-14(13)17/h2-7,9,15H,8,18H2,1H3. The van der Waals surface area contributed by atoms with E-state index in [4.69, 9.17) is 17.3 Å². The van der Waals surface area contributed by atoms with E-state index in [1.165, 1.54) is 12.1 Å². The first-order valence-electron chi connectivity index (χ1n) is 5.83. The van der Waals surface area contributed by atoms with Crippen LogP contribution in [0.4, 0.5) is 4.39 Å². The fourth-order valence-electron chi connectivity index (χ4n) is 1.98. The molecule has 0 spiro atoms. The van der Waals surface area contributed by atoms with Crippen molar-refractivity contribution in [3.8, 4) is 0 Å². The molecule has 2 rings (SSSR count). The van der Waals surface area contributed by atoms with Gasteiger partial charge in [0.05, 0.1) is 0 Å². The van der Waals surface area contributed by atoms with Crippen LogP contribution in [-0.4, -0.2) is 0 Å². The highest BCUT2D eigenvalue weighted by Gasteiger charge is 2.13.